The lowest BCUT2D eigenvalue weighted by Gasteiger charge is -2.24. The van der Waals surface area contributed by atoms with Crippen molar-refractivity contribution in [1.82, 2.24) is 20.2 Å². The summed E-state index contributed by atoms with van der Waals surface area (Å²) in [4.78, 5) is 24.2. The minimum atomic E-state index is -0.234. The van der Waals surface area contributed by atoms with Gasteiger partial charge in [-0.25, -0.2) is 9.97 Å². The molecule has 4 rings (SSSR count). The number of carbonyl (C=O) groups is 1. The highest BCUT2D eigenvalue weighted by Gasteiger charge is 2.33. The molecule has 7 nitrogen and oxygen atoms in total. The molecular weight excluding hydrogens is 320 g/mol. The van der Waals surface area contributed by atoms with Gasteiger partial charge in [-0.2, -0.15) is 0 Å². The van der Waals surface area contributed by atoms with Crippen LogP contribution in [0.5, 0.6) is 0 Å². The van der Waals surface area contributed by atoms with E-state index in [1.807, 2.05) is 11.4 Å². The number of nitrogens with one attached hydrogen (secondary N) is 1. The zero-order valence-corrected chi connectivity index (χ0v) is 13.1. The van der Waals surface area contributed by atoms with E-state index in [4.69, 9.17) is 0 Å². The zero-order valence-electron chi connectivity index (χ0n) is 11.5. The molecule has 1 aliphatic rings. The first-order chi connectivity index (χ1) is 10.8. The summed E-state index contributed by atoms with van der Waals surface area (Å²) in [6.07, 6.45) is 3.33. The molecule has 0 unspecified atom stereocenters. The van der Waals surface area contributed by atoms with Crippen molar-refractivity contribution >= 4 is 49.7 Å². The Morgan fingerprint density at radius 3 is 3.18 bits per heavy atom. The quantitative estimate of drug-likeness (QED) is 0.791. The second kappa shape index (κ2) is 5.58. The smallest absolute Gasteiger partial charge is 0.248 e. The average molecular weight is 332 g/mol. The summed E-state index contributed by atoms with van der Waals surface area (Å²) in [6.45, 7) is 0.816. The fourth-order valence-electron chi connectivity index (χ4n) is 2.71. The summed E-state index contributed by atoms with van der Waals surface area (Å²) in [5, 5.41) is 14.0. The van der Waals surface area contributed by atoms with Crippen molar-refractivity contribution in [2.75, 3.05) is 16.8 Å². The van der Waals surface area contributed by atoms with E-state index in [1.165, 1.54) is 11.3 Å². The van der Waals surface area contributed by atoms with E-state index in [0.29, 0.717) is 5.13 Å². The highest BCUT2D eigenvalue weighted by Crippen LogP contribution is 2.32. The van der Waals surface area contributed by atoms with Gasteiger partial charge in [0.1, 0.15) is 28.5 Å². The number of anilines is 2. The summed E-state index contributed by atoms with van der Waals surface area (Å²) >= 11 is 2.89. The van der Waals surface area contributed by atoms with Gasteiger partial charge in [0.05, 0.1) is 5.39 Å². The molecule has 1 N–H and O–H groups in total. The highest BCUT2D eigenvalue weighted by atomic mass is 32.1. The van der Waals surface area contributed by atoms with Crippen molar-refractivity contribution in [1.29, 1.82) is 0 Å². The Balaban J connectivity index is 1.63. The minimum absolute atomic E-state index is 0.0590. The molecule has 0 aliphatic carbocycles. The van der Waals surface area contributed by atoms with E-state index in [1.54, 1.807) is 23.2 Å². The molecule has 112 valence electrons. The average Bonchev–Trinajstić information content (AvgIpc) is 3.27. The number of carbonyl (C=O) groups excluding carboxylic acids is 1. The van der Waals surface area contributed by atoms with Gasteiger partial charge in [-0.15, -0.1) is 21.5 Å². The molecule has 0 radical (unpaired) electrons. The van der Waals surface area contributed by atoms with Gasteiger partial charge in [0, 0.05) is 6.54 Å². The van der Waals surface area contributed by atoms with Gasteiger partial charge < -0.3 is 4.90 Å². The van der Waals surface area contributed by atoms with E-state index >= 15 is 0 Å². The third kappa shape index (κ3) is 2.32. The Hall–Kier alpha value is -2.13. The predicted octanol–water partition coefficient (Wildman–Crippen LogP) is 2.15. The maximum atomic E-state index is 12.5. The van der Waals surface area contributed by atoms with Crippen LogP contribution in [-0.4, -0.2) is 38.7 Å². The van der Waals surface area contributed by atoms with Crippen molar-refractivity contribution in [3.8, 4) is 0 Å². The Bertz CT molecular complexity index is 802. The maximum absolute atomic E-state index is 12.5. The van der Waals surface area contributed by atoms with Gasteiger partial charge in [-0.1, -0.05) is 11.3 Å². The van der Waals surface area contributed by atoms with E-state index in [2.05, 4.69) is 30.4 Å². The second-order valence-corrected chi connectivity index (χ2v) is 6.65. The van der Waals surface area contributed by atoms with Crippen molar-refractivity contribution < 1.29 is 4.79 Å². The number of hydrogen-bond donors (Lipinski definition) is 1. The van der Waals surface area contributed by atoms with Crippen LogP contribution in [0.3, 0.4) is 0 Å². The van der Waals surface area contributed by atoms with Crippen molar-refractivity contribution in [3.05, 3.63) is 23.3 Å². The lowest BCUT2D eigenvalue weighted by Crippen LogP contribution is -2.40. The Kier molecular flexibility index (Phi) is 3.43. The topological polar surface area (TPSA) is 83.9 Å². The first-order valence-electron chi connectivity index (χ1n) is 6.85. The van der Waals surface area contributed by atoms with E-state index in [9.17, 15) is 4.79 Å². The van der Waals surface area contributed by atoms with Crippen LogP contribution in [0.15, 0.2) is 23.3 Å². The van der Waals surface area contributed by atoms with E-state index in [-0.39, 0.29) is 11.9 Å². The number of hydrogen-bond acceptors (Lipinski definition) is 8. The lowest BCUT2D eigenvalue weighted by molar-refractivity contribution is -0.117. The molecule has 22 heavy (non-hydrogen) atoms. The number of rotatable bonds is 3. The normalized spacial score (nSPS) is 18.0. The fourth-order valence-corrected chi connectivity index (χ4v) is 3.89. The molecule has 4 heterocycles. The first kappa shape index (κ1) is 13.5. The number of thiophene rings is 1. The van der Waals surface area contributed by atoms with Gasteiger partial charge in [0.2, 0.25) is 11.0 Å². The maximum Gasteiger partial charge on any atom is 0.248 e. The van der Waals surface area contributed by atoms with Gasteiger partial charge in [0.15, 0.2) is 0 Å². The van der Waals surface area contributed by atoms with E-state index < -0.39 is 0 Å². The summed E-state index contributed by atoms with van der Waals surface area (Å²) in [6, 6.07) is 1.77. The molecule has 0 saturated carbocycles. The van der Waals surface area contributed by atoms with Crippen LogP contribution in [0.2, 0.25) is 0 Å². The molecule has 3 aromatic heterocycles. The van der Waals surface area contributed by atoms with Crippen LogP contribution in [0.4, 0.5) is 10.9 Å². The van der Waals surface area contributed by atoms with Crippen LogP contribution >= 0.6 is 22.7 Å². The molecule has 1 fully saturated rings. The van der Waals surface area contributed by atoms with Crippen LogP contribution in [0.25, 0.3) is 10.2 Å². The number of nitrogens with zero attached hydrogens (tertiary/aromatic N) is 5. The molecule has 0 bridgehead atoms. The van der Waals surface area contributed by atoms with E-state index in [0.717, 1.165) is 35.4 Å². The molecule has 1 aliphatic heterocycles. The van der Waals surface area contributed by atoms with Gasteiger partial charge in [0.25, 0.3) is 0 Å². The Morgan fingerprint density at radius 1 is 1.36 bits per heavy atom. The van der Waals surface area contributed by atoms with Gasteiger partial charge in [-0.3, -0.25) is 10.1 Å². The number of fused-ring (bicyclic) bond motifs is 1. The standard InChI is InChI=1S/C13H12N6OS2/c20-11(17-13-18-16-7-22-13)9-2-1-4-19(9)10-8-3-5-21-12(8)15-6-14-10/h3,5-7,9H,1-2,4H2,(H,17,18,20)/t9-/m1/s1. The number of amides is 1. The van der Waals surface area contributed by atoms with Crippen molar-refractivity contribution in [3.63, 3.8) is 0 Å². The molecule has 1 amide bonds. The molecule has 0 aromatic carbocycles. The third-order valence-corrected chi connectivity index (χ3v) is 5.09. The zero-order chi connectivity index (χ0) is 14.9. The molecule has 3 aromatic rings. The molecule has 1 saturated heterocycles. The fraction of sp³-hybridized carbons (Fsp3) is 0.308. The SMILES string of the molecule is O=C(Nc1nncs1)[C@H]1CCCN1c1ncnc2sccc12. The monoisotopic (exact) mass is 332 g/mol. The molecule has 0 spiro atoms. The molecular formula is C13H12N6OS2. The van der Waals surface area contributed by atoms with Crippen LogP contribution in [0, 0.1) is 0 Å². The van der Waals surface area contributed by atoms with Crippen molar-refractivity contribution in [2.45, 2.75) is 18.9 Å². The largest absolute Gasteiger partial charge is 0.344 e. The second-order valence-electron chi connectivity index (χ2n) is 4.92. The lowest BCUT2D eigenvalue weighted by atomic mass is 10.2. The third-order valence-electron chi connectivity index (χ3n) is 3.66. The number of aromatic nitrogens is 4. The molecule has 9 heteroatoms. The summed E-state index contributed by atoms with van der Waals surface area (Å²) in [5.74, 6) is 0.775. The summed E-state index contributed by atoms with van der Waals surface area (Å²) in [7, 11) is 0. The van der Waals surface area contributed by atoms with Crippen LogP contribution in [-0.2, 0) is 4.79 Å². The summed E-state index contributed by atoms with van der Waals surface area (Å²) in [5.41, 5.74) is 1.60. The Labute approximate surface area is 134 Å². The highest BCUT2D eigenvalue weighted by molar-refractivity contribution is 7.16. The predicted molar refractivity (Wildman–Crippen MR) is 86.3 cm³/mol. The molecule has 1 atom stereocenters. The summed E-state index contributed by atoms with van der Waals surface area (Å²) < 4.78 is 0. The van der Waals surface area contributed by atoms with Crippen LogP contribution in [0.1, 0.15) is 12.8 Å². The minimum Gasteiger partial charge on any atom is -0.344 e. The van der Waals surface area contributed by atoms with Crippen molar-refractivity contribution in [2.24, 2.45) is 0 Å². The van der Waals surface area contributed by atoms with Crippen LogP contribution < -0.4 is 10.2 Å². The first-order valence-corrected chi connectivity index (χ1v) is 8.61. The van der Waals surface area contributed by atoms with Gasteiger partial charge in [-0.05, 0) is 24.3 Å². The Morgan fingerprint density at radius 2 is 2.32 bits per heavy atom. The van der Waals surface area contributed by atoms with Gasteiger partial charge >= 0.3 is 0 Å².